The van der Waals surface area contributed by atoms with Crippen LogP contribution in [0.3, 0.4) is 0 Å². The van der Waals surface area contributed by atoms with E-state index in [2.05, 4.69) is 22.1 Å². The van der Waals surface area contributed by atoms with E-state index < -0.39 is 0 Å². The number of nitrogens with zero attached hydrogens (tertiary/aromatic N) is 3. The predicted octanol–water partition coefficient (Wildman–Crippen LogP) is 2.82. The molecule has 0 atom stereocenters. The SMILES string of the molecule is CCn1ccnc1CNC(=O)c1ccc(N2CCCCC2)cc1. The summed E-state index contributed by atoms with van der Waals surface area (Å²) in [6.45, 7) is 5.60. The first-order valence-corrected chi connectivity index (χ1v) is 8.41. The Hall–Kier alpha value is -2.30. The van der Waals surface area contributed by atoms with Gasteiger partial charge in [0.05, 0.1) is 6.54 Å². The van der Waals surface area contributed by atoms with Crippen LogP contribution in [0.5, 0.6) is 0 Å². The molecule has 1 amide bonds. The van der Waals surface area contributed by atoms with Crippen LogP contribution in [-0.4, -0.2) is 28.5 Å². The number of nitrogens with one attached hydrogen (secondary N) is 1. The van der Waals surface area contributed by atoms with Crippen LogP contribution >= 0.6 is 0 Å². The number of rotatable bonds is 5. The second-order valence-corrected chi connectivity index (χ2v) is 5.91. The van der Waals surface area contributed by atoms with Gasteiger partial charge in [-0.25, -0.2) is 4.98 Å². The lowest BCUT2D eigenvalue weighted by atomic mass is 10.1. The molecule has 0 aliphatic carbocycles. The van der Waals surface area contributed by atoms with Gasteiger partial charge >= 0.3 is 0 Å². The van der Waals surface area contributed by atoms with Crippen LogP contribution in [0, 0.1) is 0 Å². The van der Waals surface area contributed by atoms with Crippen molar-refractivity contribution >= 4 is 11.6 Å². The van der Waals surface area contributed by atoms with E-state index in [4.69, 9.17) is 0 Å². The molecule has 0 radical (unpaired) electrons. The molecule has 2 heterocycles. The molecule has 3 rings (SSSR count). The van der Waals surface area contributed by atoms with E-state index in [0.29, 0.717) is 12.1 Å². The first-order valence-electron chi connectivity index (χ1n) is 8.41. The van der Waals surface area contributed by atoms with Gasteiger partial charge in [-0.3, -0.25) is 4.79 Å². The summed E-state index contributed by atoms with van der Waals surface area (Å²) in [6.07, 6.45) is 7.52. The van der Waals surface area contributed by atoms with Gasteiger partial charge in [-0.1, -0.05) is 0 Å². The molecule has 23 heavy (non-hydrogen) atoms. The smallest absolute Gasteiger partial charge is 0.251 e. The van der Waals surface area contributed by atoms with Gasteiger partial charge in [0.15, 0.2) is 0 Å². The van der Waals surface area contributed by atoms with Crippen LogP contribution in [0.1, 0.15) is 42.4 Å². The Morgan fingerprint density at radius 2 is 1.91 bits per heavy atom. The minimum atomic E-state index is -0.0548. The molecule has 1 aliphatic heterocycles. The molecule has 1 saturated heterocycles. The van der Waals surface area contributed by atoms with Gasteiger partial charge in [-0.15, -0.1) is 0 Å². The monoisotopic (exact) mass is 312 g/mol. The van der Waals surface area contributed by atoms with E-state index in [1.54, 1.807) is 6.20 Å². The number of aromatic nitrogens is 2. The zero-order valence-corrected chi connectivity index (χ0v) is 13.7. The molecule has 5 heteroatoms. The van der Waals surface area contributed by atoms with E-state index in [0.717, 1.165) is 25.5 Å². The fourth-order valence-corrected chi connectivity index (χ4v) is 3.03. The first kappa shape index (κ1) is 15.6. The number of hydrogen-bond donors (Lipinski definition) is 1. The Bertz CT molecular complexity index is 641. The number of piperidine rings is 1. The van der Waals surface area contributed by atoms with Gasteiger partial charge in [0.2, 0.25) is 0 Å². The van der Waals surface area contributed by atoms with Crippen LogP contribution in [0.25, 0.3) is 0 Å². The lowest BCUT2D eigenvalue weighted by Crippen LogP contribution is -2.29. The normalized spacial score (nSPS) is 14.7. The molecular weight excluding hydrogens is 288 g/mol. The lowest BCUT2D eigenvalue weighted by Gasteiger charge is -2.28. The summed E-state index contributed by atoms with van der Waals surface area (Å²) in [4.78, 5) is 18.9. The highest BCUT2D eigenvalue weighted by atomic mass is 16.1. The van der Waals surface area contributed by atoms with E-state index in [-0.39, 0.29) is 5.91 Å². The maximum atomic E-state index is 12.3. The number of benzene rings is 1. The fourth-order valence-electron chi connectivity index (χ4n) is 3.03. The van der Waals surface area contributed by atoms with Gasteiger partial charge < -0.3 is 14.8 Å². The Balaban J connectivity index is 1.59. The molecule has 5 nitrogen and oxygen atoms in total. The van der Waals surface area contributed by atoms with Gasteiger partial charge in [-0.05, 0) is 50.5 Å². The highest BCUT2D eigenvalue weighted by Crippen LogP contribution is 2.20. The Labute approximate surface area is 137 Å². The Morgan fingerprint density at radius 3 is 2.61 bits per heavy atom. The highest BCUT2D eigenvalue weighted by molar-refractivity contribution is 5.94. The van der Waals surface area contributed by atoms with Gasteiger partial charge in [0.1, 0.15) is 5.82 Å². The standard InChI is InChI=1S/C18H24N4O/c1-2-21-13-10-19-17(21)14-20-18(23)15-6-8-16(9-7-15)22-11-4-3-5-12-22/h6-10,13H,2-5,11-12,14H2,1H3,(H,20,23). The molecule has 0 unspecified atom stereocenters. The minimum absolute atomic E-state index is 0.0548. The third kappa shape index (κ3) is 3.73. The second-order valence-electron chi connectivity index (χ2n) is 5.91. The molecule has 1 aromatic carbocycles. The molecular formula is C18H24N4O. The molecule has 0 spiro atoms. The zero-order chi connectivity index (χ0) is 16.1. The predicted molar refractivity (Wildman–Crippen MR) is 91.6 cm³/mol. The molecule has 1 aromatic heterocycles. The minimum Gasteiger partial charge on any atom is -0.372 e. The quantitative estimate of drug-likeness (QED) is 0.923. The van der Waals surface area contributed by atoms with Gasteiger partial charge in [-0.2, -0.15) is 0 Å². The van der Waals surface area contributed by atoms with Crippen molar-refractivity contribution in [3.8, 4) is 0 Å². The van der Waals surface area contributed by atoms with Crippen LogP contribution in [0.4, 0.5) is 5.69 Å². The average molecular weight is 312 g/mol. The van der Waals surface area contributed by atoms with Crippen LogP contribution in [-0.2, 0) is 13.1 Å². The molecule has 122 valence electrons. The van der Waals surface area contributed by atoms with Crippen molar-refractivity contribution in [2.45, 2.75) is 39.3 Å². The summed E-state index contributed by atoms with van der Waals surface area (Å²) in [6, 6.07) is 7.91. The highest BCUT2D eigenvalue weighted by Gasteiger charge is 2.12. The van der Waals surface area contributed by atoms with Crippen LogP contribution in [0.2, 0.25) is 0 Å². The average Bonchev–Trinajstić information content (AvgIpc) is 3.08. The van der Waals surface area contributed by atoms with Crippen molar-refractivity contribution < 1.29 is 4.79 Å². The Kier molecular flexibility index (Phi) is 4.95. The molecule has 1 fully saturated rings. The van der Waals surface area contributed by atoms with E-state index in [1.807, 2.05) is 35.0 Å². The third-order valence-electron chi connectivity index (χ3n) is 4.40. The lowest BCUT2D eigenvalue weighted by molar-refractivity contribution is 0.0949. The topological polar surface area (TPSA) is 50.2 Å². The van der Waals surface area contributed by atoms with Crippen molar-refractivity contribution in [1.29, 1.82) is 0 Å². The first-order chi connectivity index (χ1) is 11.3. The van der Waals surface area contributed by atoms with E-state index in [1.165, 1.54) is 24.9 Å². The summed E-state index contributed by atoms with van der Waals surface area (Å²) in [5.41, 5.74) is 1.91. The number of carbonyl (C=O) groups excluding carboxylic acids is 1. The molecule has 1 N–H and O–H groups in total. The fraction of sp³-hybridized carbons (Fsp3) is 0.444. The summed E-state index contributed by atoms with van der Waals surface area (Å²) in [5, 5.41) is 2.94. The van der Waals surface area contributed by atoms with Crippen molar-refractivity contribution in [3.05, 3.63) is 48.0 Å². The summed E-state index contributed by atoms with van der Waals surface area (Å²) in [5.74, 6) is 0.826. The van der Waals surface area contributed by atoms with Crippen molar-refractivity contribution in [1.82, 2.24) is 14.9 Å². The number of carbonyl (C=O) groups is 1. The maximum Gasteiger partial charge on any atom is 0.251 e. The molecule has 2 aromatic rings. The number of imidazole rings is 1. The van der Waals surface area contributed by atoms with Gasteiger partial charge in [0.25, 0.3) is 5.91 Å². The number of anilines is 1. The largest absolute Gasteiger partial charge is 0.372 e. The second kappa shape index (κ2) is 7.31. The summed E-state index contributed by atoms with van der Waals surface area (Å²) in [7, 11) is 0. The van der Waals surface area contributed by atoms with E-state index in [9.17, 15) is 4.79 Å². The zero-order valence-electron chi connectivity index (χ0n) is 13.7. The van der Waals surface area contributed by atoms with E-state index >= 15 is 0 Å². The van der Waals surface area contributed by atoms with Crippen LogP contribution in [0.15, 0.2) is 36.7 Å². The van der Waals surface area contributed by atoms with Crippen LogP contribution < -0.4 is 10.2 Å². The van der Waals surface area contributed by atoms with Gasteiger partial charge in [0, 0.05) is 43.3 Å². The molecule has 0 saturated carbocycles. The van der Waals surface area contributed by atoms with Crippen molar-refractivity contribution in [2.75, 3.05) is 18.0 Å². The third-order valence-corrected chi connectivity index (χ3v) is 4.40. The molecule has 1 aliphatic rings. The van der Waals surface area contributed by atoms with Crippen molar-refractivity contribution in [3.63, 3.8) is 0 Å². The summed E-state index contributed by atoms with van der Waals surface area (Å²) >= 11 is 0. The number of hydrogen-bond acceptors (Lipinski definition) is 3. The number of aryl methyl sites for hydroxylation is 1. The summed E-state index contributed by atoms with van der Waals surface area (Å²) < 4.78 is 2.03. The molecule has 0 bridgehead atoms. The Morgan fingerprint density at radius 1 is 1.17 bits per heavy atom. The maximum absolute atomic E-state index is 12.3. The number of amides is 1. The van der Waals surface area contributed by atoms with Crippen molar-refractivity contribution in [2.24, 2.45) is 0 Å².